The number of likely N-dealkylation sites (N-methyl/N-ethyl adjacent to an activating group) is 1. The summed E-state index contributed by atoms with van der Waals surface area (Å²) in [6.07, 6.45) is 2.65. The Morgan fingerprint density at radius 3 is 2.06 bits per heavy atom. The van der Waals surface area contributed by atoms with Crippen LogP contribution in [0.25, 0.3) is 0 Å². The summed E-state index contributed by atoms with van der Waals surface area (Å²) in [5.74, 6) is 1.66. The molecule has 0 saturated heterocycles. The molecule has 0 amide bonds. The Hall–Kier alpha value is -0.0800. The molecule has 0 aromatic rings. The number of rotatable bonds is 9. The molecule has 106 valence electrons. The molecule has 0 bridgehead atoms. The highest BCUT2D eigenvalue weighted by molar-refractivity contribution is 4.64. The van der Waals surface area contributed by atoms with Crippen molar-refractivity contribution >= 4 is 0 Å². The Kier molecular flexibility index (Phi) is 15.8. The molecule has 0 aromatic carbocycles. The van der Waals surface area contributed by atoms with Gasteiger partial charge in [-0.15, -0.1) is 0 Å². The predicted molar refractivity (Wildman–Crippen MR) is 78.6 cm³/mol. The minimum atomic E-state index is 0.803. The largest absolute Gasteiger partial charge is 0.383 e. The lowest BCUT2D eigenvalue weighted by Crippen LogP contribution is -2.32. The molecule has 0 fully saturated rings. The monoisotopic (exact) mass is 245 g/mol. The van der Waals surface area contributed by atoms with E-state index in [2.05, 4.69) is 32.6 Å². The van der Waals surface area contributed by atoms with Gasteiger partial charge in [0.05, 0.1) is 6.61 Å². The molecule has 0 spiro atoms. The zero-order valence-corrected chi connectivity index (χ0v) is 13.3. The van der Waals surface area contributed by atoms with Crippen LogP contribution in [0.1, 0.15) is 54.4 Å². The van der Waals surface area contributed by atoms with Crippen LogP contribution < -0.4 is 0 Å². The summed E-state index contributed by atoms with van der Waals surface area (Å²) in [7, 11) is 1.77. The zero-order chi connectivity index (χ0) is 13.7. The highest BCUT2D eigenvalue weighted by Gasteiger charge is 2.11. The lowest BCUT2D eigenvalue weighted by Gasteiger charge is -2.25. The number of nitrogens with zero attached hydrogens (tertiary/aromatic N) is 1. The summed E-state index contributed by atoms with van der Waals surface area (Å²) in [5, 5.41) is 0. The van der Waals surface area contributed by atoms with Gasteiger partial charge < -0.3 is 9.64 Å². The molecule has 0 saturated carbocycles. The van der Waals surface area contributed by atoms with Gasteiger partial charge in [0, 0.05) is 20.2 Å². The summed E-state index contributed by atoms with van der Waals surface area (Å²) < 4.78 is 5.12. The molecule has 0 aliphatic rings. The van der Waals surface area contributed by atoms with Crippen molar-refractivity contribution in [2.75, 3.05) is 33.4 Å². The average Bonchev–Trinajstić information content (AvgIpc) is 2.36. The molecule has 0 N–H and O–H groups in total. The third kappa shape index (κ3) is 12.2. The van der Waals surface area contributed by atoms with E-state index in [1.807, 2.05) is 13.8 Å². The van der Waals surface area contributed by atoms with Crippen molar-refractivity contribution in [2.24, 2.45) is 11.8 Å². The summed E-state index contributed by atoms with van der Waals surface area (Å²) in [4.78, 5) is 2.48. The molecule has 2 nitrogen and oxygen atoms in total. The predicted octanol–water partition coefficient (Wildman–Crippen LogP) is 4.05. The van der Waals surface area contributed by atoms with E-state index in [0.717, 1.165) is 31.5 Å². The molecule has 0 radical (unpaired) electrons. The van der Waals surface area contributed by atoms with Gasteiger partial charge in [-0.2, -0.15) is 0 Å². The fourth-order valence-electron chi connectivity index (χ4n) is 1.97. The topological polar surface area (TPSA) is 12.5 Å². The summed E-state index contributed by atoms with van der Waals surface area (Å²) in [6, 6.07) is 0. The van der Waals surface area contributed by atoms with Gasteiger partial charge in [0.2, 0.25) is 0 Å². The molecule has 2 unspecified atom stereocenters. The van der Waals surface area contributed by atoms with Gasteiger partial charge in [-0.25, -0.2) is 0 Å². The molecule has 2 heteroatoms. The van der Waals surface area contributed by atoms with Crippen molar-refractivity contribution < 1.29 is 4.74 Å². The van der Waals surface area contributed by atoms with Crippen LogP contribution >= 0.6 is 0 Å². The Balaban J connectivity index is 0. The van der Waals surface area contributed by atoms with E-state index >= 15 is 0 Å². The van der Waals surface area contributed by atoms with Crippen LogP contribution in [0.3, 0.4) is 0 Å². The minimum Gasteiger partial charge on any atom is -0.383 e. The number of hydrogen-bond donors (Lipinski definition) is 0. The smallest absolute Gasteiger partial charge is 0.0589 e. The quantitative estimate of drug-likeness (QED) is 0.607. The molecule has 0 rings (SSSR count). The summed E-state index contributed by atoms with van der Waals surface area (Å²) >= 11 is 0. The van der Waals surface area contributed by atoms with Crippen molar-refractivity contribution in [1.82, 2.24) is 4.90 Å². The highest BCUT2D eigenvalue weighted by Crippen LogP contribution is 2.15. The second-order valence-electron chi connectivity index (χ2n) is 4.74. The summed E-state index contributed by atoms with van der Waals surface area (Å²) in [5.41, 5.74) is 0. The molecular weight excluding hydrogens is 210 g/mol. The lowest BCUT2D eigenvalue weighted by atomic mass is 9.95. The maximum atomic E-state index is 5.12. The van der Waals surface area contributed by atoms with E-state index < -0.39 is 0 Å². The minimum absolute atomic E-state index is 0.803. The van der Waals surface area contributed by atoms with Gasteiger partial charge >= 0.3 is 0 Å². The van der Waals surface area contributed by atoms with Crippen LogP contribution in [0, 0.1) is 11.8 Å². The van der Waals surface area contributed by atoms with Crippen LogP contribution in [0.4, 0.5) is 0 Å². The van der Waals surface area contributed by atoms with Gasteiger partial charge in [0.15, 0.2) is 0 Å². The first-order valence-corrected chi connectivity index (χ1v) is 7.35. The third-order valence-corrected chi connectivity index (χ3v) is 3.13. The third-order valence-electron chi connectivity index (χ3n) is 3.13. The Labute approximate surface area is 110 Å². The first-order valence-electron chi connectivity index (χ1n) is 7.35. The Morgan fingerprint density at radius 2 is 1.65 bits per heavy atom. The van der Waals surface area contributed by atoms with Crippen LogP contribution in [0.5, 0.6) is 0 Å². The molecule has 0 aromatic heterocycles. The second kappa shape index (κ2) is 14.0. The molecular formula is C15H35NO. The van der Waals surface area contributed by atoms with Gasteiger partial charge in [-0.1, -0.05) is 48.0 Å². The normalized spacial score (nSPS) is 14.1. The van der Waals surface area contributed by atoms with E-state index in [-0.39, 0.29) is 0 Å². The Bertz CT molecular complexity index is 139. The lowest BCUT2D eigenvalue weighted by molar-refractivity contribution is 0.138. The maximum absolute atomic E-state index is 5.12. The van der Waals surface area contributed by atoms with E-state index in [1.54, 1.807) is 7.11 Å². The van der Waals surface area contributed by atoms with Gasteiger partial charge in [-0.05, 0) is 24.8 Å². The SMILES string of the molecule is CC.CCC(C)CC(C)CN(CC)CCOC. The molecule has 2 atom stereocenters. The van der Waals surface area contributed by atoms with Crippen molar-refractivity contribution in [2.45, 2.75) is 54.4 Å². The first-order chi connectivity index (χ1) is 8.13. The van der Waals surface area contributed by atoms with E-state index in [4.69, 9.17) is 4.74 Å². The van der Waals surface area contributed by atoms with Crippen molar-refractivity contribution in [3.05, 3.63) is 0 Å². The van der Waals surface area contributed by atoms with E-state index in [9.17, 15) is 0 Å². The van der Waals surface area contributed by atoms with Crippen LogP contribution in [-0.2, 0) is 4.74 Å². The number of ether oxygens (including phenoxy) is 1. The highest BCUT2D eigenvalue weighted by atomic mass is 16.5. The average molecular weight is 245 g/mol. The molecule has 0 heterocycles. The molecule has 17 heavy (non-hydrogen) atoms. The zero-order valence-electron chi connectivity index (χ0n) is 13.3. The second-order valence-corrected chi connectivity index (χ2v) is 4.74. The van der Waals surface area contributed by atoms with Gasteiger partial charge in [-0.3, -0.25) is 0 Å². The van der Waals surface area contributed by atoms with E-state index in [1.165, 1.54) is 19.4 Å². The summed E-state index contributed by atoms with van der Waals surface area (Å²) in [6.45, 7) is 17.5. The van der Waals surface area contributed by atoms with Gasteiger partial charge in [0.1, 0.15) is 0 Å². The van der Waals surface area contributed by atoms with Crippen LogP contribution in [-0.4, -0.2) is 38.3 Å². The fourth-order valence-corrected chi connectivity index (χ4v) is 1.97. The van der Waals surface area contributed by atoms with Crippen molar-refractivity contribution in [3.63, 3.8) is 0 Å². The maximum Gasteiger partial charge on any atom is 0.0589 e. The van der Waals surface area contributed by atoms with Crippen LogP contribution in [0.15, 0.2) is 0 Å². The van der Waals surface area contributed by atoms with E-state index in [0.29, 0.717) is 0 Å². The van der Waals surface area contributed by atoms with Gasteiger partial charge in [0.25, 0.3) is 0 Å². The Morgan fingerprint density at radius 1 is 1.06 bits per heavy atom. The molecule has 0 aliphatic carbocycles. The number of hydrogen-bond acceptors (Lipinski definition) is 2. The fraction of sp³-hybridized carbons (Fsp3) is 1.00. The van der Waals surface area contributed by atoms with Crippen molar-refractivity contribution in [1.29, 1.82) is 0 Å². The molecule has 0 aliphatic heterocycles. The standard InChI is InChI=1S/C13H29NO.C2H6/c1-6-12(3)10-13(4)11-14(7-2)8-9-15-5;1-2/h12-13H,6-11H2,1-5H3;1-2H3. The van der Waals surface area contributed by atoms with Crippen molar-refractivity contribution in [3.8, 4) is 0 Å². The van der Waals surface area contributed by atoms with Crippen LogP contribution in [0.2, 0.25) is 0 Å². The first kappa shape index (κ1) is 19.3. The number of methoxy groups -OCH3 is 1.